The second-order valence-corrected chi connectivity index (χ2v) is 10.0. The van der Waals surface area contributed by atoms with E-state index in [1.807, 2.05) is 0 Å². The second kappa shape index (κ2) is 11.3. The molecule has 0 amide bonds. The zero-order valence-electron chi connectivity index (χ0n) is 16.8. The Hall–Kier alpha value is -0.804. The number of hydrogen-bond acceptors (Lipinski definition) is 1. The monoisotopic (exact) mass is 403 g/mol. The molecule has 27 heavy (non-hydrogen) atoms. The summed E-state index contributed by atoms with van der Waals surface area (Å²) in [5.41, 5.74) is 0. The van der Waals surface area contributed by atoms with Gasteiger partial charge in [-0.3, -0.25) is 4.79 Å². The third-order valence-corrected chi connectivity index (χ3v) is 9.25. The van der Waals surface area contributed by atoms with Crippen LogP contribution in [0.2, 0.25) is 0 Å². The molecule has 0 aliphatic carbocycles. The van der Waals surface area contributed by atoms with E-state index in [2.05, 4.69) is 91.0 Å². The van der Waals surface area contributed by atoms with Crippen molar-refractivity contribution in [3.63, 3.8) is 0 Å². The quantitative estimate of drug-likeness (QED) is 0.350. The molecular weight excluding hydrogens is 378 g/mol. The molecule has 0 aromatic heterocycles. The fourth-order valence-electron chi connectivity index (χ4n) is 3.51. The maximum atomic E-state index is 10.9. The standard InChI is InChI=1S/C23H23O2P.K.H/c24-23(25)18-10-11-19-26(20-12-4-1-5-13-20,21-14-6-2-7-15-21)22-16-8-3-9-17-22;;/h1-9,12-17H,10-11,18-19H2;;/q;+1;-1/p+1. The van der Waals surface area contributed by atoms with Crippen molar-refractivity contribution in [2.45, 2.75) is 19.3 Å². The van der Waals surface area contributed by atoms with Crippen LogP contribution < -0.4 is 67.3 Å². The van der Waals surface area contributed by atoms with Crippen LogP contribution in [0.4, 0.5) is 0 Å². The van der Waals surface area contributed by atoms with Crippen molar-refractivity contribution in [1.29, 1.82) is 0 Å². The van der Waals surface area contributed by atoms with E-state index in [1.54, 1.807) is 0 Å². The summed E-state index contributed by atoms with van der Waals surface area (Å²) in [7, 11) is -1.81. The summed E-state index contributed by atoms with van der Waals surface area (Å²) in [4.78, 5) is 10.9. The molecule has 0 saturated carbocycles. The van der Waals surface area contributed by atoms with E-state index in [-0.39, 0.29) is 59.2 Å². The molecule has 3 aromatic rings. The number of unbranched alkanes of at least 4 members (excludes halogenated alkanes) is 1. The molecule has 3 rings (SSSR count). The molecule has 0 spiro atoms. The summed E-state index contributed by atoms with van der Waals surface area (Å²) < 4.78 is 0. The summed E-state index contributed by atoms with van der Waals surface area (Å²) in [6, 6.07) is 32.2. The second-order valence-electron chi connectivity index (χ2n) is 6.39. The Labute approximate surface area is 206 Å². The van der Waals surface area contributed by atoms with Crippen LogP contribution in [-0.4, -0.2) is 17.2 Å². The molecule has 0 atom stereocenters. The minimum Gasteiger partial charge on any atom is -1.00 e. The van der Waals surface area contributed by atoms with Gasteiger partial charge >= 0.3 is 57.4 Å². The summed E-state index contributed by atoms with van der Waals surface area (Å²) in [5.74, 6) is -0.715. The summed E-state index contributed by atoms with van der Waals surface area (Å²) in [6.07, 6.45) is 2.83. The molecule has 0 unspecified atom stereocenters. The zero-order valence-corrected chi connectivity index (χ0v) is 19.8. The molecule has 0 radical (unpaired) electrons. The van der Waals surface area contributed by atoms with Crippen molar-refractivity contribution in [3.05, 3.63) is 91.0 Å². The predicted octanol–water partition coefficient (Wildman–Crippen LogP) is 1.35. The normalized spacial score (nSPS) is 10.8. The molecule has 2 nitrogen and oxygen atoms in total. The minimum atomic E-state index is -1.81. The predicted molar refractivity (Wildman–Crippen MR) is 113 cm³/mol. The third-order valence-electron chi connectivity index (χ3n) is 4.73. The Morgan fingerprint density at radius 1 is 0.704 bits per heavy atom. The van der Waals surface area contributed by atoms with Gasteiger partial charge in [0.2, 0.25) is 0 Å². The largest absolute Gasteiger partial charge is 1.00 e. The van der Waals surface area contributed by atoms with Crippen LogP contribution >= 0.6 is 7.26 Å². The first-order valence-electron chi connectivity index (χ1n) is 9.00. The molecule has 4 heteroatoms. The van der Waals surface area contributed by atoms with Gasteiger partial charge in [0.05, 0.1) is 6.16 Å². The third kappa shape index (κ3) is 5.60. The molecule has 134 valence electrons. The number of carboxylic acids is 1. The van der Waals surface area contributed by atoms with Crippen LogP contribution in [0.1, 0.15) is 20.7 Å². The molecule has 0 aliphatic rings. The van der Waals surface area contributed by atoms with E-state index in [1.165, 1.54) is 15.9 Å². The summed E-state index contributed by atoms with van der Waals surface area (Å²) in [5, 5.41) is 13.1. The number of rotatable bonds is 8. The smallest absolute Gasteiger partial charge is 1.00 e. The van der Waals surface area contributed by atoms with Crippen molar-refractivity contribution in [1.82, 2.24) is 0 Å². The molecule has 1 N–H and O–H groups in total. The number of aliphatic carboxylic acids is 1. The van der Waals surface area contributed by atoms with Gasteiger partial charge in [0.25, 0.3) is 0 Å². The van der Waals surface area contributed by atoms with E-state index >= 15 is 0 Å². The van der Waals surface area contributed by atoms with Gasteiger partial charge in [-0.25, -0.2) is 0 Å². The fraction of sp³-hybridized carbons (Fsp3) is 0.174. The number of carboxylic acid groups (broad SMARTS) is 1. The number of carbonyl (C=O) groups is 1. The van der Waals surface area contributed by atoms with Crippen LogP contribution in [-0.2, 0) is 4.79 Å². The average Bonchev–Trinajstić information content (AvgIpc) is 2.70. The van der Waals surface area contributed by atoms with Gasteiger partial charge in [-0.15, -0.1) is 0 Å². The van der Waals surface area contributed by atoms with Crippen LogP contribution in [0.5, 0.6) is 0 Å². The molecular formula is C23H25KO2P+. The van der Waals surface area contributed by atoms with E-state index in [0.717, 1.165) is 12.6 Å². The fourth-order valence-corrected chi connectivity index (χ4v) is 7.92. The number of benzene rings is 3. The molecule has 0 fully saturated rings. The van der Waals surface area contributed by atoms with Crippen LogP contribution in [0.15, 0.2) is 91.0 Å². The van der Waals surface area contributed by atoms with Gasteiger partial charge in [0.1, 0.15) is 23.2 Å². The Balaban J connectivity index is 0.00000196. The molecule has 0 bridgehead atoms. The summed E-state index contributed by atoms with van der Waals surface area (Å²) in [6.45, 7) is 0. The van der Waals surface area contributed by atoms with E-state index in [0.29, 0.717) is 6.42 Å². The van der Waals surface area contributed by atoms with Gasteiger partial charge in [0, 0.05) is 6.42 Å². The van der Waals surface area contributed by atoms with Crippen LogP contribution in [0.3, 0.4) is 0 Å². The molecule has 0 heterocycles. The van der Waals surface area contributed by atoms with Crippen molar-refractivity contribution in [3.8, 4) is 0 Å². The van der Waals surface area contributed by atoms with Crippen molar-refractivity contribution >= 4 is 29.1 Å². The maximum absolute atomic E-state index is 10.9. The maximum Gasteiger partial charge on any atom is 1.00 e. The zero-order chi connectivity index (χ0) is 18.2. The first kappa shape index (κ1) is 22.5. The Bertz CT molecular complexity index is 732. The van der Waals surface area contributed by atoms with Crippen LogP contribution in [0, 0.1) is 0 Å². The summed E-state index contributed by atoms with van der Waals surface area (Å²) >= 11 is 0. The van der Waals surface area contributed by atoms with Crippen molar-refractivity contribution in [2.24, 2.45) is 0 Å². The topological polar surface area (TPSA) is 37.3 Å². The first-order valence-corrected chi connectivity index (χ1v) is 11.0. The number of hydrogen-bond donors (Lipinski definition) is 1. The van der Waals surface area contributed by atoms with Gasteiger partial charge in [-0.05, 0) is 49.2 Å². The van der Waals surface area contributed by atoms with Gasteiger partial charge in [-0.1, -0.05) is 54.6 Å². The molecule has 0 saturated heterocycles. The minimum absolute atomic E-state index is 0. The SMILES string of the molecule is O=C(O)CCCC[P+](c1ccccc1)(c1ccccc1)c1ccccc1.[H-].[K+]. The average molecular weight is 404 g/mol. The Kier molecular flexibility index (Phi) is 9.38. The van der Waals surface area contributed by atoms with Crippen LogP contribution in [0.25, 0.3) is 0 Å². The van der Waals surface area contributed by atoms with Gasteiger partial charge < -0.3 is 6.53 Å². The first-order chi connectivity index (χ1) is 12.7. The van der Waals surface area contributed by atoms with Gasteiger partial charge in [0.15, 0.2) is 0 Å². The van der Waals surface area contributed by atoms with Gasteiger partial charge in [-0.2, -0.15) is 0 Å². The molecule has 0 aliphatic heterocycles. The molecule has 3 aromatic carbocycles. The van der Waals surface area contributed by atoms with E-state index < -0.39 is 13.2 Å². The van der Waals surface area contributed by atoms with E-state index in [9.17, 15) is 4.79 Å². The Morgan fingerprint density at radius 3 is 1.41 bits per heavy atom. The Morgan fingerprint density at radius 2 is 1.07 bits per heavy atom. The van der Waals surface area contributed by atoms with E-state index in [4.69, 9.17) is 5.11 Å². The van der Waals surface area contributed by atoms with Crippen molar-refractivity contribution < 1.29 is 62.7 Å². The van der Waals surface area contributed by atoms with Crippen molar-refractivity contribution in [2.75, 3.05) is 6.16 Å².